The van der Waals surface area contributed by atoms with Crippen LogP contribution < -0.4 is 5.32 Å². The number of allylic oxidation sites excluding steroid dienone is 3. The van der Waals surface area contributed by atoms with Crippen molar-refractivity contribution in [2.24, 2.45) is 17.8 Å². The van der Waals surface area contributed by atoms with Crippen molar-refractivity contribution in [1.82, 2.24) is 5.32 Å². The molecule has 2 aliphatic rings. The first-order valence-electron chi connectivity index (χ1n) is 12.4. The molecular formula is C28H41NO3. The van der Waals surface area contributed by atoms with Gasteiger partial charge in [-0.3, -0.25) is 4.79 Å². The highest BCUT2D eigenvalue weighted by atomic mass is 16.5. The number of aryl methyl sites for hydroxylation is 2. The maximum atomic E-state index is 11.1. The topological polar surface area (TPSA) is 58.6 Å². The van der Waals surface area contributed by atoms with Crippen LogP contribution >= 0.6 is 0 Å². The quantitative estimate of drug-likeness (QED) is 0.254. The lowest BCUT2D eigenvalue weighted by Gasteiger charge is -2.18. The molecule has 0 unspecified atom stereocenters. The highest BCUT2D eigenvalue weighted by Crippen LogP contribution is 2.48. The van der Waals surface area contributed by atoms with Crippen molar-refractivity contribution in [3.8, 4) is 0 Å². The van der Waals surface area contributed by atoms with E-state index in [1.54, 1.807) is 5.57 Å². The van der Waals surface area contributed by atoms with Gasteiger partial charge >= 0.3 is 5.97 Å². The highest BCUT2D eigenvalue weighted by molar-refractivity contribution is 5.69. The van der Waals surface area contributed by atoms with Crippen LogP contribution in [0.5, 0.6) is 0 Å². The number of fused-ring (bicyclic) bond motifs is 1. The van der Waals surface area contributed by atoms with Gasteiger partial charge in [0.25, 0.3) is 0 Å². The van der Waals surface area contributed by atoms with Crippen LogP contribution in [0.2, 0.25) is 0 Å². The van der Waals surface area contributed by atoms with Crippen molar-refractivity contribution in [2.75, 3.05) is 20.2 Å². The second-order valence-corrected chi connectivity index (χ2v) is 9.58. The summed E-state index contributed by atoms with van der Waals surface area (Å²) in [6.07, 6.45) is 16.3. The molecule has 2 N–H and O–H groups in total. The standard InChI is InChI=1S/C28H41NO3/c1-21-9-8-12-22(17-21)10-5-6-13-25-26-19-23(18-24(26)20-27(25)30)11-4-3-7-15-29-16-14-28(31)32-2/h6,8-9,12-13,17-18,24-27,29-30H,3-5,7,10-11,14-16,19-20H2,1-2H3/b13-6+/t24-,25+,26-,27+/m0/s1. The van der Waals surface area contributed by atoms with Crippen molar-refractivity contribution in [1.29, 1.82) is 0 Å². The number of rotatable bonds is 13. The third-order valence-corrected chi connectivity index (χ3v) is 7.08. The van der Waals surface area contributed by atoms with Gasteiger partial charge in [0.05, 0.1) is 19.6 Å². The summed E-state index contributed by atoms with van der Waals surface area (Å²) in [7, 11) is 1.43. The van der Waals surface area contributed by atoms with Crippen molar-refractivity contribution in [3.05, 3.63) is 59.2 Å². The van der Waals surface area contributed by atoms with Crippen LogP contribution in [-0.4, -0.2) is 37.4 Å². The first-order valence-corrected chi connectivity index (χ1v) is 12.4. The van der Waals surface area contributed by atoms with E-state index in [2.05, 4.69) is 59.5 Å². The summed E-state index contributed by atoms with van der Waals surface area (Å²) < 4.78 is 4.64. The molecule has 1 saturated carbocycles. The number of hydrogen-bond acceptors (Lipinski definition) is 4. The third-order valence-electron chi connectivity index (χ3n) is 7.08. The Kier molecular flexibility index (Phi) is 10.0. The van der Waals surface area contributed by atoms with Gasteiger partial charge in [0, 0.05) is 12.5 Å². The lowest BCUT2D eigenvalue weighted by atomic mass is 9.88. The number of aliphatic hydroxyl groups is 1. The minimum absolute atomic E-state index is 0.152. The van der Waals surface area contributed by atoms with Crippen LogP contribution in [-0.2, 0) is 16.0 Å². The maximum Gasteiger partial charge on any atom is 0.306 e. The average Bonchev–Trinajstić information content (AvgIpc) is 3.29. The van der Waals surface area contributed by atoms with E-state index < -0.39 is 0 Å². The molecule has 0 spiro atoms. The summed E-state index contributed by atoms with van der Waals surface area (Å²) in [6, 6.07) is 8.74. The van der Waals surface area contributed by atoms with Gasteiger partial charge in [0.1, 0.15) is 0 Å². The highest BCUT2D eigenvalue weighted by Gasteiger charge is 2.42. The van der Waals surface area contributed by atoms with Gasteiger partial charge in [-0.05, 0) is 75.8 Å². The molecule has 0 aliphatic heterocycles. The summed E-state index contributed by atoms with van der Waals surface area (Å²) in [6.45, 7) is 3.80. The van der Waals surface area contributed by atoms with Gasteiger partial charge in [-0.15, -0.1) is 0 Å². The summed E-state index contributed by atoms with van der Waals surface area (Å²) in [5.41, 5.74) is 4.31. The lowest BCUT2D eigenvalue weighted by molar-refractivity contribution is -0.140. The van der Waals surface area contributed by atoms with Crippen molar-refractivity contribution in [2.45, 2.75) is 70.8 Å². The van der Waals surface area contributed by atoms with Crippen LogP contribution in [0.3, 0.4) is 0 Å². The Balaban J connectivity index is 1.31. The molecule has 1 fully saturated rings. The van der Waals surface area contributed by atoms with E-state index in [0.717, 1.165) is 38.6 Å². The van der Waals surface area contributed by atoms with Gasteiger partial charge in [-0.25, -0.2) is 0 Å². The van der Waals surface area contributed by atoms with Crippen LogP contribution in [0.4, 0.5) is 0 Å². The maximum absolute atomic E-state index is 11.1. The number of methoxy groups -OCH3 is 1. The van der Waals surface area contributed by atoms with Gasteiger partial charge in [-0.1, -0.05) is 60.1 Å². The molecule has 3 rings (SSSR count). The molecule has 2 aliphatic carbocycles. The van der Waals surface area contributed by atoms with Crippen LogP contribution in [0, 0.1) is 24.7 Å². The van der Waals surface area contributed by atoms with Gasteiger partial charge in [0.2, 0.25) is 0 Å². The van der Waals surface area contributed by atoms with Gasteiger partial charge in [-0.2, -0.15) is 0 Å². The Morgan fingerprint density at radius 1 is 1.22 bits per heavy atom. The summed E-state index contributed by atoms with van der Waals surface area (Å²) in [5.74, 6) is 1.31. The van der Waals surface area contributed by atoms with Crippen molar-refractivity contribution >= 4 is 5.97 Å². The zero-order valence-corrected chi connectivity index (χ0v) is 19.9. The predicted molar refractivity (Wildman–Crippen MR) is 130 cm³/mol. The number of aliphatic hydroxyl groups excluding tert-OH is 1. The molecule has 176 valence electrons. The van der Waals surface area contributed by atoms with E-state index in [9.17, 15) is 9.90 Å². The largest absolute Gasteiger partial charge is 0.469 e. The summed E-state index contributed by atoms with van der Waals surface area (Å²) in [5, 5.41) is 13.9. The zero-order chi connectivity index (χ0) is 22.8. The number of hydrogen-bond donors (Lipinski definition) is 2. The molecule has 4 heteroatoms. The molecule has 0 bridgehead atoms. The second-order valence-electron chi connectivity index (χ2n) is 9.58. The number of unbranched alkanes of at least 4 members (excludes halogenated alkanes) is 2. The molecule has 0 aromatic heterocycles. The van der Waals surface area contributed by atoms with E-state index in [4.69, 9.17) is 0 Å². The number of nitrogens with one attached hydrogen (secondary N) is 1. The van der Waals surface area contributed by atoms with E-state index in [0.29, 0.717) is 30.7 Å². The minimum atomic E-state index is -0.186. The van der Waals surface area contributed by atoms with E-state index in [1.165, 1.54) is 37.5 Å². The number of ether oxygens (including phenoxy) is 1. The Labute approximate surface area is 194 Å². The Morgan fingerprint density at radius 2 is 2.09 bits per heavy atom. The zero-order valence-electron chi connectivity index (χ0n) is 19.9. The third kappa shape index (κ3) is 7.60. The van der Waals surface area contributed by atoms with E-state index >= 15 is 0 Å². The summed E-state index contributed by atoms with van der Waals surface area (Å²) in [4.78, 5) is 11.1. The van der Waals surface area contributed by atoms with Gasteiger partial charge in [0.15, 0.2) is 0 Å². The first kappa shape index (κ1) is 24.7. The number of esters is 1. The van der Waals surface area contributed by atoms with Crippen molar-refractivity contribution < 1.29 is 14.6 Å². The first-order chi connectivity index (χ1) is 15.6. The molecule has 4 atom stereocenters. The van der Waals surface area contributed by atoms with Crippen LogP contribution in [0.1, 0.15) is 62.5 Å². The average molecular weight is 440 g/mol. The minimum Gasteiger partial charge on any atom is -0.469 e. The SMILES string of the molecule is COC(=O)CCNCCCCCC1=C[C@H]2C[C@@H](O)[C@H](/C=C/CCc3cccc(C)c3)[C@H]2C1. The monoisotopic (exact) mass is 439 g/mol. The second kappa shape index (κ2) is 13.0. The van der Waals surface area contributed by atoms with Crippen LogP contribution in [0.15, 0.2) is 48.1 Å². The molecule has 0 radical (unpaired) electrons. The Bertz CT molecular complexity index is 785. The molecule has 4 nitrogen and oxygen atoms in total. The fraction of sp³-hybridized carbons (Fsp3) is 0.607. The molecule has 1 aromatic rings. The molecule has 0 amide bonds. The normalized spacial score (nSPS) is 24.7. The fourth-order valence-electron chi connectivity index (χ4n) is 5.36. The van der Waals surface area contributed by atoms with Gasteiger partial charge < -0.3 is 15.2 Å². The molecule has 1 aromatic carbocycles. The Morgan fingerprint density at radius 3 is 2.91 bits per heavy atom. The van der Waals surface area contributed by atoms with E-state index in [-0.39, 0.29) is 12.1 Å². The molecule has 0 heterocycles. The van der Waals surface area contributed by atoms with Crippen molar-refractivity contribution in [3.63, 3.8) is 0 Å². The molecular weight excluding hydrogens is 398 g/mol. The number of carbonyl (C=O) groups excluding carboxylic acids is 1. The van der Waals surface area contributed by atoms with E-state index in [1.807, 2.05) is 0 Å². The number of benzene rings is 1. The smallest absolute Gasteiger partial charge is 0.306 e. The molecule has 0 saturated heterocycles. The molecule has 32 heavy (non-hydrogen) atoms. The number of carbonyl (C=O) groups is 1. The van der Waals surface area contributed by atoms with Crippen LogP contribution in [0.25, 0.3) is 0 Å². The lowest BCUT2D eigenvalue weighted by Crippen LogP contribution is -2.19. The Hall–Kier alpha value is -1.91. The summed E-state index contributed by atoms with van der Waals surface area (Å²) >= 11 is 0. The predicted octanol–water partition coefficient (Wildman–Crippen LogP) is 5.14. The fourth-order valence-corrected chi connectivity index (χ4v) is 5.36.